The van der Waals surface area contributed by atoms with Gasteiger partial charge >= 0.3 is 0 Å². The molecule has 0 radical (unpaired) electrons. The fourth-order valence-electron chi connectivity index (χ4n) is 1.86. The van der Waals surface area contributed by atoms with Crippen molar-refractivity contribution in [3.8, 4) is 0 Å². The van der Waals surface area contributed by atoms with Crippen LogP contribution >= 0.6 is 28.7 Å². The largest absolute Gasteiger partial charge is 0.211 e. The smallest absolute Gasteiger partial charge is 0.204 e. The Balaban J connectivity index is 0.00000133. The van der Waals surface area contributed by atoms with Crippen LogP contribution in [0.25, 0.3) is 0 Å². The minimum atomic E-state index is 0. The summed E-state index contributed by atoms with van der Waals surface area (Å²) in [5.41, 5.74) is 2.21. The minimum absolute atomic E-state index is 0. The molecule has 0 atom stereocenters. The second-order valence-corrected chi connectivity index (χ2v) is 5.09. The number of rotatable bonds is 3. The lowest BCUT2D eigenvalue weighted by Gasteiger charge is -2.11. The predicted molar refractivity (Wildman–Crippen MR) is 83.4 cm³/mol. The van der Waals surface area contributed by atoms with Crippen molar-refractivity contribution in [3.05, 3.63) is 41.7 Å². The fourth-order valence-corrected chi connectivity index (χ4v) is 2.72. The summed E-state index contributed by atoms with van der Waals surface area (Å²) in [7, 11) is 0. The van der Waals surface area contributed by atoms with Crippen molar-refractivity contribution in [1.82, 2.24) is 14.9 Å². The van der Waals surface area contributed by atoms with E-state index in [0.29, 0.717) is 0 Å². The van der Waals surface area contributed by atoms with Crippen molar-refractivity contribution < 1.29 is 0 Å². The lowest BCUT2D eigenvalue weighted by molar-refractivity contribution is 0.651. The average molecular weight is 339 g/mol. The zero-order valence-electron chi connectivity index (χ0n) is 10.6. The SMILES string of the molecule is Br.CCCc1nc2n(n1)N=C(c1ccccc1)CS2. The van der Waals surface area contributed by atoms with Crippen molar-refractivity contribution in [3.63, 3.8) is 0 Å². The van der Waals surface area contributed by atoms with Crippen LogP contribution in [0, 0.1) is 0 Å². The van der Waals surface area contributed by atoms with Crippen molar-refractivity contribution in [2.24, 2.45) is 5.10 Å². The third kappa shape index (κ3) is 3.06. The van der Waals surface area contributed by atoms with Crippen LogP contribution in [0.5, 0.6) is 0 Å². The summed E-state index contributed by atoms with van der Waals surface area (Å²) in [5, 5.41) is 9.87. The van der Waals surface area contributed by atoms with E-state index in [1.54, 1.807) is 16.6 Å². The molecule has 3 rings (SSSR count). The molecule has 1 aromatic heterocycles. The molecule has 6 heteroatoms. The topological polar surface area (TPSA) is 43.1 Å². The third-order valence-corrected chi connectivity index (χ3v) is 3.67. The molecule has 2 heterocycles. The number of hydrogen-bond donors (Lipinski definition) is 0. The molecule has 0 fully saturated rings. The molecule has 0 N–H and O–H groups in total. The van der Waals surface area contributed by atoms with Gasteiger partial charge in [0.2, 0.25) is 5.16 Å². The zero-order valence-corrected chi connectivity index (χ0v) is 13.1. The number of aryl methyl sites for hydroxylation is 1. The molecule has 0 aliphatic carbocycles. The maximum atomic E-state index is 4.56. The zero-order chi connectivity index (χ0) is 12.4. The van der Waals surface area contributed by atoms with Gasteiger partial charge in [-0.15, -0.1) is 26.9 Å². The lowest BCUT2D eigenvalue weighted by Crippen LogP contribution is -2.13. The van der Waals surface area contributed by atoms with E-state index in [2.05, 4.69) is 34.2 Å². The first-order chi connectivity index (χ1) is 8.86. The normalized spacial score (nSPS) is 13.4. The molecule has 0 bridgehead atoms. The van der Waals surface area contributed by atoms with E-state index in [1.807, 2.05) is 18.2 Å². The number of fused-ring (bicyclic) bond motifs is 1. The number of nitrogens with zero attached hydrogens (tertiary/aromatic N) is 4. The highest BCUT2D eigenvalue weighted by Gasteiger charge is 2.17. The van der Waals surface area contributed by atoms with Gasteiger partial charge in [0.1, 0.15) is 0 Å². The molecule has 19 heavy (non-hydrogen) atoms. The maximum absolute atomic E-state index is 4.56. The molecule has 0 spiro atoms. The fraction of sp³-hybridized carbons (Fsp3) is 0.308. The quantitative estimate of drug-likeness (QED) is 0.863. The Morgan fingerprint density at radius 1 is 1.26 bits per heavy atom. The molecule has 1 aliphatic rings. The molecule has 1 aliphatic heterocycles. The highest BCUT2D eigenvalue weighted by atomic mass is 79.9. The Hall–Kier alpha value is -1.14. The molecule has 100 valence electrons. The second-order valence-electron chi connectivity index (χ2n) is 4.15. The van der Waals surface area contributed by atoms with Crippen LogP contribution < -0.4 is 0 Å². The van der Waals surface area contributed by atoms with Crippen LogP contribution in [-0.4, -0.2) is 26.3 Å². The molecule has 0 amide bonds. The van der Waals surface area contributed by atoms with Gasteiger partial charge in [0.05, 0.1) is 5.71 Å². The van der Waals surface area contributed by atoms with Crippen LogP contribution in [0.3, 0.4) is 0 Å². The number of benzene rings is 1. The summed E-state index contributed by atoms with van der Waals surface area (Å²) in [6.45, 7) is 2.13. The average Bonchev–Trinajstić information content (AvgIpc) is 2.81. The summed E-state index contributed by atoms with van der Waals surface area (Å²) < 4.78 is 0. The van der Waals surface area contributed by atoms with Gasteiger partial charge < -0.3 is 0 Å². The first kappa shape index (κ1) is 14.3. The number of thioether (sulfide) groups is 1. The van der Waals surface area contributed by atoms with Gasteiger partial charge in [-0.05, 0) is 12.0 Å². The standard InChI is InChI=1S/C13H14N4S.BrH/c1-2-6-12-14-13-17(16-12)15-11(9-18-13)10-7-4-3-5-8-10;/h3-5,7-8H,2,6,9H2,1H3;1H. The summed E-state index contributed by atoms with van der Waals surface area (Å²) in [4.78, 5) is 6.14. The second kappa shape index (κ2) is 6.34. The number of aromatic nitrogens is 3. The Morgan fingerprint density at radius 3 is 2.79 bits per heavy atom. The van der Waals surface area contributed by atoms with Crippen LogP contribution in [0.2, 0.25) is 0 Å². The van der Waals surface area contributed by atoms with Gasteiger partial charge in [-0.1, -0.05) is 49.0 Å². The Kier molecular flexibility index (Phi) is 4.76. The van der Waals surface area contributed by atoms with Crippen LogP contribution in [0.15, 0.2) is 40.6 Å². The molecule has 1 aromatic carbocycles. The first-order valence-electron chi connectivity index (χ1n) is 6.09. The highest BCUT2D eigenvalue weighted by molar-refractivity contribution is 8.93. The predicted octanol–water partition coefficient (Wildman–Crippen LogP) is 3.17. The monoisotopic (exact) mass is 338 g/mol. The van der Waals surface area contributed by atoms with Crippen molar-refractivity contribution in [2.45, 2.75) is 24.9 Å². The first-order valence-corrected chi connectivity index (χ1v) is 7.07. The molecule has 0 unspecified atom stereocenters. The molecular weight excluding hydrogens is 324 g/mol. The lowest BCUT2D eigenvalue weighted by atomic mass is 10.1. The summed E-state index contributed by atoms with van der Waals surface area (Å²) >= 11 is 1.70. The Labute approximate surface area is 127 Å². The van der Waals surface area contributed by atoms with Gasteiger partial charge in [0.25, 0.3) is 0 Å². The summed E-state index contributed by atoms with van der Waals surface area (Å²) in [6, 6.07) is 10.2. The van der Waals surface area contributed by atoms with E-state index >= 15 is 0 Å². The van der Waals surface area contributed by atoms with Crippen LogP contribution in [0.4, 0.5) is 0 Å². The highest BCUT2D eigenvalue weighted by Crippen LogP contribution is 2.22. The van der Waals surface area contributed by atoms with Crippen molar-refractivity contribution in [2.75, 3.05) is 5.75 Å². The van der Waals surface area contributed by atoms with E-state index in [-0.39, 0.29) is 17.0 Å². The summed E-state index contributed by atoms with van der Waals surface area (Å²) in [6.07, 6.45) is 1.97. The van der Waals surface area contributed by atoms with Crippen LogP contribution in [0.1, 0.15) is 24.7 Å². The van der Waals surface area contributed by atoms with E-state index < -0.39 is 0 Å². The van der Waals surface area contributed by atoms with Crippen molar-refractivity contribution >= 4 is 34.5 Å². The van der Waals surface area contributed by atoms with Crippen LogP contribution in [-0.2, 0) is 6.42 Å². The molecule has 0 saturated carbocycles. The van der Waals surface area contributed by atoms with E-state index in [4.69, 9.17) is 0 Å². The molecule has 0 saturated heterocycles. The number of halogens is 1. The molecular formula is C13H15BrN4S. The van der Waals surface area contributed by atoms with E-state index in [1.165, 1.54) is 0 Å². The number of hydrogen-bond acceptors (Lipinski definition) is 4. The summed E-state index contributed by atoms with van der Waals surface area (Å²) in [5.74, 6) is 1.74. The molecule has 2 aromatic rings. The van der Waals surface area contributed by atoms with Gasteiger partial charge in [0.15, 0.2) is 5.82 Å². The van der Waals surface area contributed by atoms with Crippen molar-refractivity contribution in [1.29, 1.82) is 0 Å². The molecule has 4 nitrogen and oxygen atoms in total. The Bertz CT molecular complexity index is 580. The van der Waals surface area contributed by atoms with E-state index in [9.17, 15) is 0 Å². The van der Waals surface area contributed by atoms with E-state index in [0.717, 1.165) is 40.9 Å². The Morgan fingerprint density at radius 2 is 2.05 bits per heavy atom. The van der Waals surface area contributed by atoms with Gasteiger partial charge in [0, 0.05) is 12.2 Å². The van der Waals surface area contributed by atoms with Gasteiger partial charge in [-0.2, -0.15) is 5.10 Å². The van der Waals surface area contributed by atoms with Gasteiger partial charge in [-0.25, -0.2) is 4.98 Å². The minimum Gasteiger partial charge on any atom is -0.204 e. The van der Waals surface area contributed by atoms with Gasteiger partial charge in [-0.3, -0.25) is 0 Å². The maximum Gasteiger partial charge on any atom is 0.211 e. The third-order valence-electron chi connectivity index (χ3n) is 2.74.